The van der Waals surface area contributed by atoms with Crippen molar-refractivity contribution in [2.45, 2.75) is 19.6 Å². The van der Waals surface area contributed by atoms with Gasteiger partial charge in [-0.1, -0.05) is 18.2 Å². The number of hydrogen-bond donors (Lipinski definition) is 0. The van der Waals surface area contributed by atoms with Crippen LogP contribution in [0.3, 0.4) is 0 Å². The van der Waals surface area contributed by atoms with E-state index in [1.807, 2.05) is 0 Å². The Labute approximate surface area is 173 Å². The van der Waals surface area contributed by atoms with Gasteiger partial charge in [0.1, 0.15) is 29.5 Å². The molecule has 0 spiro atoms. The fourth-order valence-electron chi connectivity index (χ4n) is 2.93. The van der Waals surface area contributed by atoms with Crippen LogP contribution < -0.4 is 15.0 Å². The summed E-state index contributed by atoms with van der Waals surface area (Å²) in [5, 5.41) is 0. The average molecular weight is 411 g/mol. The normalized spacial score (nSPS) is 10.5. The fraction of sp³-hybridized carbons (Fsp3) is 0.217. The Morgan fingerprint density at radius 3 is 2.40 bits per heavy atom. The molecule has 0 saturated heterocycles. The molecule has 156 valence electrons. The predicted molar refractivity (Wildman–Crippen MR) is 109 cm³/mol. The van der Waals surface area contributed by atoms with Gasteiger partial charge in [0.05, 0.1) is 14.2 Å². The number of benzene rings is 2. The van der Waals surface area contributed by atoms with E-state index in [1.165, 1.54) is 32.4 Å². The molecule has 0 aliphatic carbocycles. The van der Waals surface area contributed by atoms with Gasteiger partial charge in [-0.3, -0.25) is 4.79 Å². The van der Waals surface area contributed by atoms with Crippen LogP contribution in [0, 0.1) is 5.82 Å². The molecule has 3 rings (SSSR count). The Kier molecular flexibility index (Phi) is 6.85. The fourth-order valence-corrected chi connectivity index (χ4v) is 2.93. The van der Waals surface area contributed by atoms with E-state index in [-0.39, 0.29) is 18.0 Å². The lowest BCUT2D eigenvalue weighted by Gasteiger charge is -2.11. The summed E-state index contributed by atoms with van der Waals surface area (Å²) in [5.41, 5.74) is 1.89. The van der Waals surface area contributed by atoms with Gasteiger partial charge < -0.3 is 18.8 Å². The molecular formula is C23H22FNO5. The minimum Gasteiger partial charge on any atom is -0.496 e. The first-order valence-electron chi connectivity index (χ1n) is 9.33. The quantitative estimate of drug-likeness (QED) is 0.530. The third kappa shape index (κ3) is 5.26. The van der Waals surface area contributed by atoms with Crippen molar-refractivity contribution < 1.29 is 23.4 Å². The summed E-state index contributed by atoms with van der Waals surface area (Å²) >= 11 is 0. The Bertz CT molecular complexity index is 1080. The Hall–Kier alpha value is -3.61. The van der Waals surface area contributed by atoms with Crippen LogP contribution in [0.4, 0.5) is 4.39 Å². The lowest BCUT2D eigenvalue weighted by atomic mass is 10.1. The maximum absolute atomic E-state index is 12.9. The van der Waals surface area contributed by atoms with Crippen LogP contribution in [-0.4, -0.2) is 24.8 Å². The number of ether oxygens (including phenoxy) is 3. The van der Waals surface area contributed by atoms with Crippen LogP contribution in [0.15, 0.2) is 65.6 Å². The van der Waals surface area contributed by atoms with E-state index in [9.17, 15) is 14.0 Å². The number of aryl methyl sites for hydroxylation is 2. The summed E-state index contributed by atoms with van der Waals surface area (Å²) in [4.78, 5) is 24.1. The number of methoxy groups -OCH3 is 2. The highest BCUT2D eigenvalue weighted by Gasteiger charge is 2.13. The average Bonchev–Trinajstić information content (AvgIpc) is 2.77. The number of esters is 1. The van der Waals surface area contributed by atoms with Crippen molar-refractivity contribution in [1.29, 1.82) is 0 Å². The molecule has 0 aliphatic rings. The molecule has 7 heteroatoms. The van der Waals surface area contributed by atoms with E-state index in [1.54, 1.807) is 47.2 Å². The minimum absolute atomic E-state index is 0.190. The third-order valence-electron chi connectivity index (χ3n) is 4.60. The molecule has 3 aromatic rings. The zero-order valence-electron chi connectivity index (χ0n) is 16.8. The molecule has 0 amide bonds. The molecule has 6 nitrogen and oxygen atoms in total. The lowest BCUT2D eigenvalue weighted by Crippen LogP contribution is -2.19. The molecule has 0 aliphatic heterocycles. The summed E-state index contributed by atoms with van der Waals surface area (Å²) in [7, 11) is 2.80. The molecule has 0 N–H and O–H groups in total. The molecule has 0 unspecified atom stereocenters. The highest BCUT2D eigenvalue weighted by molar-refractivity contribution is 5.92. The van der Waals surface area contributed by atoms with Crippen molar-refractivity contribution in [2.75, 3.05) is 14.2 Å². The second kappa shape index (κ2) is 9.73. The van der Waals surface area contributed by atoms with E-state index in [4.69, 9.17) is 14.2 Å². The Morgan fingerprint density at radius 1 is 1.00 bits per heavy atom. The summed E-state index contributed by atoms with van der Waals surface area (Å²) in [5.74, 6) is 0.102. The van der Waals surface area contributed by atoms with Crippen LogP contribution in [0.5, 0.6) is 11.5 Å². The van der Waals surface area contributed by atoms with Crippen LogP contribution in [0.1, 0.15) is 21.5 Å². The van der Waals surface area contributed by atoms with Gasteiger partial charge in [-0.25, -0.2) is 9.18 Å². The third-order valence-corrected chi connectivity index (χ3v) is 4.60. The molecule has 0 atom stereocenters. The molecule has 1 heterocycles. The number of halogens is 1. The molecule has 2 aromatic carbocycles. The molecular weight excluding hydrogens is 389 g/mol. The summed E-state index contributed by atoms with van der Waals surface area (Å²) in [6.45, 7) is 0.702. The zero-order valence-corrected chi connectivity index (χ0v) is 16.8. The van der Waals surface area contributed by atoms with Gasteiger partial charge in [-0.2, -0.15) is 0 Å². The number of aromatic nitrogens is 1. The number of carbonyl (C=O) groups excluding carboxylic acids is 1. The van der Waals surface area contributed by atoms with E-state index >= 15 is 0 Å². The van der Waals surface area contributed by atoms with Gasteiger partial charge in [0.25, 0.3) is 5.56 Å². The van der Waals surface area contributed by atoms with Crippen LogP contribution >= 0.6 is 0 Å². The topological polar surface area (TPSA) is 66.8 Å². The lowest BCUT2D eigenvalue weighted by molar-refractivity contribution is 0.0597. The van der Waals surface area contributed by atoms with E-state index in [0.717, 1.165) is 11.1 Å². The first kappa shape index (κ1) is 21.1. The van der Waals surface area contributed by atoms with Crippen LogP contribution in [0.25, 0.3) is 0 Å². The monoisotopic (exact) mass is 411 g/mol. The van der Waals surface area contributed by atoms with Gasteiger partial charge in [0, 0.05) is 18.8 Å². The molecule has 0 bridgehead atoms. The van der Waals surface area contributed by atoms with Gasteiger partial charge in [0.2, 0.25) is 0 Å². The second-order valence-corrected chi connectivity index (χ2v) is 6.59. The van der Waals surface area contributed by atoms with E-state index in [2.05, 4.69) is 0 Å². The van der Waals surface area contributed by atoms with E-state index in [0.29, 0.717) is 30.0 Å². The number of rotatable bonds is 8. The van der Waals surface area contributed by atoms with Crippen molar-refractivity contribution in [3.8, 4) is 11.5 Å². The molecule has 1 aromatic heterocycles. The highest BCUT2D eigenvalue weighted by Crippen LogP contribution is 2.21. The number of pyridine rings is 1. The number of carbonyl (C=O) groups is 1. The van der Waals surface area contributed by atoms with Crippen molar-refractivity contribution in [3.05, 3.63) is 93.7 Å². The first-order chi connectivity index (χ1) is 14.5. The predicted octanol–water partition coefficient (Wildman–Crippen LogP) is 3.60. The minimum atomic E-state index is -0.467. The second-order valence-electron chi connectivity index (χ2n) is 6.59. The van der Waals surface area contributed by atoms with Gasteiger partial charge in [-0.15, -0.1) is 0 Å². The van der Waals surface area contributed by atoms with Gasteiger partial charge >= 0.3 is 5.97 Å². The molecule has 0 fully saturated rings. The van der Waals surface area contributed by atoms with E-state index < -0.39 is 5.97 Å². The van der Waals surface area contributed by atoms with Gasteiger partial charge in [-0.05, 0) is 47.9 Å². The van der Waals surface area contributed by atoms with Crippen molar-refractivity contribution in [2.24, 2.45) is 0 Å². The molecule has 0 radical (unpaired) electrons. The maximum atomic E-state index is 12.9. The van der Waals surface area contributed by atoms with Crippen LogP contribution in [-0.2, 0) is 24.3 Å². The Balaban J connectivity index is 1.62. The first-order valence-corrected chi connectivity index (χ1v) is 9.33. The summed E-state index contributed by atoms with van der Waals surface area (Å²) in [6, 6.07) is 14.3. The van der Waals surface area contributed by atoms with Crippen molar-refractivity contribution in [1.82, 2.24) is 4.57 Å². The largest absolute Gasteiger partial charge is 0.496 e. The van der Waals surface area contributed by atoms with Gasteiger partial charge in [0.15, 0.2) is 0 Å². The van der Waals surface area contributed by atoms with Crippen molar-refractivity contribution >= 4 is 5.97 Å². The van der Waals surface area contributed by atoms with Crippen molar-refractivity contribution in [3.63, 3.8) is 0 Å². The molecule has 30 heavy (non-hydrogen) atoms. The smallest absolute Gasteiger partial charge is 0.341 e. The summed E-state index contributed by atoms with van der Waals surface area (Å²) in [6.07, 6.45) is 2.25. The standard InChI is InChI=1S/C23H22FNO5/c1-28-21-13-16(5-8-20(21)23(27)29-2)9-11-25-12-10-19(14-22(25)26)30-15-17-3-6-18(24)7-4-17/h3-8,10,12-14H,9,11,15H2,1-2H3. The number of nitrogens with zero attached hydrogens (tertiary/aromatic N) is 1. The highest BCUT2D eigenvalue weighted by atomic mass is 19.1. The maximum Gasteiger partial charge on any atom is 0.341 e. The number of hydrogen-bond acceptors (Lipinski definition) is 5. The summed E-state index contributed by atoms with van der Waals surface area (Å²) < 4.78 is 30.1. The SMILES string of the molecule is COC(=O)c1ccc(CCn2ccc(OCc3ccc(F)cc3)cc2=O)cc1OC. The molecule has 0 saturated carbocycles. The zero-order chi connectivity index (χ0) is 21.5. The Morgan fingerprint density at radius 2 is 1.73 bits per heavy atom. The van der Waals surface area contributed by atoms with Crippen LogP contribution in [0.2, 0.25) is 0 Å².